The molecule has 78 valence electrons. The third-order valence-electron chi connectivity index (χ3n) is 1.89. The van der Waals surface area contributed by atoms with Crippen molar-refractivity contribution in [2.75, 3.05) is 0 Å². The Hall–Kier alpha value is -1.11. The van der Waals surface area contributed by atoms with Gasteiger partial charge in [0.1, 0.15) is 0 Å². The van der Waals surface area contributed by atoms with Gasteiger partial charge in [-0.2, -0.15) is 0 Å². The summed E-state index contributed by atoms with van der Waals surface area (Å²) < 4.78 is 0. The van der Waals surface area contributed by atoms with Gasteiger partial charge in [0.05, 0.1) is 0 Å². The van der Waals surface area contributed by atoms with Crippen LogP contribution in [0, 0.1) is 0 Å². The fraction of sp³-hybridized carbons (Fsp3) is 0.462. The molecule has 0 aliphatic heterocycles. The molecule has 1 nitrogen and oxygen atoms in total. The van der Waals surface area contributed by atoms with Crippen LogP contribution in [0.5, 0.6) is 0 Å². The molecular weight excluding hydrogens is 170 g/mol. The standard InChI is InChI=1S/C13H21N/c1-6-8-12(4)9-13(5)14-10-11(3)7-2/h7-10H,6H2,1-5H3/b11-7+,12-8+,13-9-,14-10-. The number of nitrogens with zero attached hydrogens (tertiary/aromatic N) is 1. The van der Waals surface area contributed by atoms with Crippen molar-refractivity contribution in [2.24, 2.45) is 4.99 Å². The molecule has 0 aromatic heterocycles. The van der Waals surface area contributed by atoms with E-state index < -0.39 is 0 Å². The topological polar surface area (TPSA) is 12.4 Å². The summed E-state index contributed by atoms with van der Waals surface area (Å²) in [7, 11) is 0. The highest BCUT2D eigenvalue weighted by Gasteiger charge is 1.85. The molecule has 0 N–H and O–H groups in total. The molecule has 0 fully saturated rings. The fourth-order valence-corrected chi connectivity index (χ4v) is 1.03. The monoisotopic (exact) mass is 191 g/mol. The molecule has 0 rings (SSSR count). The van der Waals surface area contributed by atoms with E-state index in [1.165, 1.54) is 11.1 Å². The lowest BCUT2D eigenvalue weighted by Gasteiger charge is -1.94. The van der Waals surface area contributed by atoms with Crippen LogP contribution in [-0.2, 0) is 0 Å². The Morgan fingerprint density at radius 1 is 1.14 bits per heavy atom. The van der Waals surface area contributed by atoms with Crippen molar-refractivity contribution in [3.8, 4) is 0 Å². The lowest BCUT2D eigenvalue weighted by molar-refractivity contribution is 1.19. The van der Waals surface area contributed by atoms with E-state index in [0.29, 0.717) is 0 Å². The lowest BCUT2D eigenvalue weighted by Crippen LogP contribution is -1.79. The normalized spacial score (nSPS) is 15.4. The molecule has 0 unspecified atom stereocenters. The smallest absolute Gasteiger partial charge is 0.0375 e. The third kappa shape index (κ3) is 6.41. The van der Waals surface area contributed by atoms with Gasteiger partial charge in [0.15, 0.2) is 0 Å². The van der Waals surface area contributed by atoms with Crippen LogP contribution >= 0.6 is 0 Å². The molecule has 0 radical (unpaired) electrons. The largest absolute Gasteiger partial charge is 0.261 e. The van der Waals surface area contributed by atoms with Crippen molar-refractivity contribution in [3.63, 3.8) is 0 Å². The minimum absolute atomic E-state index is 1.05. The molecule has 0 bridgehead atoms. The van der Waals surface area contributed by atoms with Crippen LogP contribution in [0.25, 0.3) is 0 Å². The second kappa shape index (κ2) is 7.31. The molecule has 0 amide bonds. The van der Waals surface area contributed by atoms with Crippen LogP contribution in [0.3, 0.4) is 0 Å². The molecule has 14 heavy (non-hydrogen) atoms. The van der Waals surface area contributed by atoms with Crippen LogP contribution in [-0.4, -0.2) is 6.21 Å². The van der Waals surface area contributed by atoms with Crippen molar-refractivity contribution in [1.82, 2.24) is 0 Å². The molecular formula is C13H21N. The van der Waals surface area contributed by atoms with E-state index in [2.05, 4.69) is 31.0 Å². The highest BCUT2D eigenvalue weighted by Crippen LogP contribution is 2.04. The van der Waals surface area contributed by atoms with Gasteiger partial charge in [0.2, 0.25) is 0 Å². The Balaban J connectivity index is 4.41. The van der Waals surface area contributed by atoms with Crippen LogP contribution in [0.15, 0.2) is 40.1 Å². The van der Waals surface area contributed by atoms with Gasteiger partial charge in [-0.25, -0.2) is 0 Å². The predicted molar refractivity (Wildman–Crippen MR) is 65.7 cm³/mol. The maximum Gasteiger partial charge on any atom is 0.0375 e. The van der Waals surface area contributed by atoms with Gasteiger partial charge in [-0.1, -0.05) is 24.6 Å². The Labute approximate surface area is 87.9 Å². The van der Waals surface area contributed by atoms with E-state index in [1.54, 1.807) is 0 Å². The molecule has 0 aromatic rings. The second-order valence-corrected chi connectivity index (χ2v) is 3.43. The summed E-state index contributed by atoms with van der Waals surface area (Å²) in [4.78, 5) is 4.34. The van der Waals surface area contributed by atoms with Gasteiger partial charge in [0.25, 0.3) is 0 Å². The average molecular weight is 191 g/mol. The van der Waals surface area contributed by atoms with E-state index in [-0.39, 0.29) is 0 Å². The molecule has 0 atom stereocenters. The third-order valence-corrected chi connectivity index (χ3v) is 1.89. The summed E-state index contributed by atoms with van der Waals surface area (Å²) in [5.41, 5.74) is 3.52. The Morgan fingerprint density at radius 3 is 2.29 bits per heavy atom. The second-order valence-electron chi connectivity index (χ2n) is 3.43. The molecule has 0 aliphatic carbocycles. The van der Waals surface area contributed by atoms with Crippen molar-refractivity contribution in [2.45, 2.75) is 41.0 Å². The molecule has 0 heterocycles. The van der Waals surface area contributed by atoms with Crippen LogP contribution in [0.2, 0.25) is 0 Å². The Morgan fingerprint density at radius 2 is 1.79 bits per heavy atom. The number of rotatable bonds is 4. The number of hydrogen-bond donors (Lipinski definition) is 0. The van der Waals surface area contributed by atoms with Gasteiger partial charge in [0, 0.05) is 11.9 Å². The Bertz CT molecular complexity index is 278. The van der Waals surface area contributed by atoms with Crippen LogP contribution < -0.4 is 0 Å². The minimum atomic E-state index is 1.05. The summed E-state index contributed by atoms with van der Waals surface area (Å²) in [5, 5.41) is 0. The number of aliphatic imine (C=N–C) groups is 1. The highest BCUT2D eigenvalue weighted by atomic mass is 14.7. The molecule has 1 heteroatoms. The number of allylic oxidation sites excluding steroid dienone is 6. The molecule has 0 saturated heterocycles. The zero-order chi connectivity index (χ0) is 11.0. The quantitative estimate of drug-likeness (QED) is 0.464. The van der Waals surface area contributed by atoms with Crippen LogP contribution in [0.1, 0.15) is 41.0 Å². The summed E-state index contributed by atoms with van der Waals surface area (Å²) in [6.45, 7) is 10.3. The van der Waals surface area contributed by atoms with Gasteiger partial charge in [-0.15, -0.1) is 0 Å². The first-order valence-corrected chi connectivity index (χ1v) is 5.12. The molecule has 0 saturated carbocycles. The molecule has 0 aromatic carbocycles. The summed E-state index contributed by atoms with van der Waals surface area (Å²) in [6.07, 6.45) is 9.31. The zero-order valence-corrected chi connectivity index (χ0v) is 9.96. The summed E-state index contributed by atoms with van der Waals surface area (Å²) in [6, 6.07) is 0. The van der Waals surface area contributed by atoms with Crippen molar-refractivity contribution >= 4 is 6.21 Å². The van der Waals surface area contributed by atoms with Gasteiger partial charge < -0.3 is 0 Å². The fourth-order valence-electron chi connectivity index (χ4n) is 1.03. The van der Waals surface area contributed by atoms with Crippen molar-refractivity contribution in [3.05, 3.63) is 35.1 Å². The maximum atomic E-state index is 4.34. The lowest BCUT2D eigenvalue weighted by atomic mass is 10.2. The van der Waals surface area contributed by atoms with E-state index in [1.807, 2.05) is 33.1 Å². The van der Waals surface area contributed by atoms with Gasteiger partial charge >= 0.3 is 0 Å². The summed E-state index contributed by atoms with van der Waals surface area (Å²) >= 11 is 0. The van der Waals surface area contributed by atoms with Crippen molar-refractivity contribution < 1.29 is 0 Å². The van der Waals surface area contributed by atoms with Gasteiger partial charge in [-0.05, 0) is 45.8 Å². The van der Waals surface area contributed by atoms with E-state index in [9.17, 15) is 0 Å². The van der Waals surface area contributed by atoms with Crippen LogP contribution in [0.4, 0.5) is 0 Å². The SMILES string of the molecule is C/C=C(C)/C=N\C(C)=C/C(C)=C/CC. The van der Waals surface area contributed by atoms with E-state index >= 15 is 0 Å². The first-order valence-electron chi connectivity index (χ1n) is 5.12. The minimum Gasteiger partial charge on any atom is -0.261 e. The molecule has 0 aliphatic rings. The Kier molecular flexibility index (Phi) is 6.73. The maximum absolute atomic E-state index is 4.34. The first kappa shape index (κ1) is 12.9. The average Bonchev–Trinajstić information content (AvgIpc) is 2.14. The zero-order valence-electron chi connectivity index (χ0n) is 9.96. The van der Waals surface area contributed by atoms with E-state index in [4.69, 9.17) is 0 Å². The first-order chi connectivity index (χ1) is 6.60. The predicted octanol–water partition coefficient (Wildman–Crippen LogP) is 4.28. The van der Waals surface area contributed by atoms with Crippen molar-refractivity contribution in [1.29, 1.82) is 0 Å². The van der Waals surface area contributed by atoms with E-state index in [0.717, 1.165) is 12.1 Å². The summed E-state index contributed by atoms with van der Waals surface area (Å²) in [5.74, 6) is 0. The molecule has 0 spiro atoms. The number of hydrogen-bond acceptors (Lipinski definition) is 1. The highest BCUT2D eigenvalue weighted by molar-refractivity contribution is 5.78. The van der Waals surface area contributed by atoms with Gasteiger partial charge in [-0.3, -0.25) is 4.99 Å².